The highest BCUT2D eigenvalue weighted by Gasteiger charge is 1.95. The topological polar surface area (TPSA) is 61.1 Å². The van der Waals surface area contributed by atoms with Gasteiger partial charge in [-0.05, 0) is 38.5 Å². The van der Waals surface area contributed by atoms with Crippen LogP contribution < -0.4 is 0 Å². The van der Waals surface area contributed by atoms with Crippen molar-refractivity contribution in [3.63, 3.8) is 0 Å². The molecular weight excluding hydrogens is 286 g/mol. The molecule has 0 atom stereocenters. The van der Waals surface area contributed by atoms with Gasteiger partial charge in [0.2, 0.25) is 0 Å². The Balaban J connectivity index is 0. The van der Waals surface area contributed by atoms with Crippen LogP contribution in [0.4, 0.5) is 0 Å². The first kappa shape index (κ1) is 23.7. The molecule has 0 rings (SSSR count). The zero-order chi connectivity index (χ0) is 17.6. The molecule has 3 heteroatoms. The average molecular weight is 322 g/mol. The van der Waals surface area contributed by atoms with Gasteiger partial charge in [0.15, 0.2) is 0 Å². The lowest BCUT2D eigenvalue weighted by molar-refractivity contribution is -0.137. The Bertz CT molecular complexity index is 340. The third kappa shape index (κ3) is 29.2. The van der Waals surface area contributed by atoms with E-state index >= 15 is 0 Å². The molecule has 0 fully saturated rings. The normalized spacial score (nSPS) is 10.5. The molecule has 0 aromatic heterocycles. The number of hydrogen-bond acceptors (Lipinski definition) is 2. The monoisotopic (exact) mass is 321 g/mol. The second kappa shape index (κ2) is 22.7. The lowest BCUT2D eigenvalue weighted by Crippen LogP contribution is -1.93. The first-order valence-electron chi connectivity index (χ1n) is 9.01. The van der Waals surface area contributed by atoms with E-state index in [0.29, 0.717) is 6.42 Å². The number of carboxylic acids is 1. The number of carboxylic acid groups (broad SMARTS) is 1. The molecule has 0 heterocycles. The Kier molecular flexibility index (Phi) is 23.4. The maximum absolute atomic E-state index is 10.3. The molecule has 0 aliphatic rings. The second-order valence-electron chi connectivity index (χ2n) is 5.60. The van der Waals surface area contributed by atoms with Crippen molar-refractivity contribution in [3.8, 4) is 6.07 Å². The zero-order valence-corrected chi connectivity index (χ0v) is 15.1. The predicted octanol–water partition coefficient (Wildman–Crippen LogP) is 6.41. The van der Waals surface area contributed by atoms with Gasteiger partial charge >= 0.3 is 5.97 Å². The summed E-state index contributed by atoms with van der Waals surface area (Å²) in [6.45, 7) is 3.67. The summed E-state index contributed by atoms with van der Waals surface area (Å²) in [5.74, 6) is -0.671. The first-order chi connectivity index (χ1) is 11.2. The zero-order valence-electron chi connectivity index (χ0n) is 15.1. The summed E-state index contributed by atoms with van der Waals surface area (Å²) in [6.07, 6.45) is 22.3. The van der Waals surface area contributed by atoms with Crippen LogP contribution in [0, 0.1) is 11.3 Å². The van der Waals surface area contributed by atoms with Crippen molar-refractivity contribution in [2.75, 3.05) is 0 Å². The van der Waals surface area contributed by atoms with Crippen LogP contribution in [0.1, 0.15) is 90.9 Å². The van der Waals surface area contributed by atoms with E-state index in [2.05, 4.69) is 31.2 Å². The summed E-state index contributed by atoms with van der Waals surface area (Å²) >= 11 is 0. The van der Waals surface area contributed by atoms with E-state index in [-0.39, 0.29) is 0 Å². The lowest BCUT2D eigenvalue weighted by Gasteiger charge is -1.98. The largest absolute Gasteiger partial charge is 0.481 e. The molecule has 0 unspecified atom stereocenters. The Morgan fingerprint density at radius 2 is 1.39 bits per heavy atom. The van der Waals surface area contributed by atoms with Gasteiger partial charge in [-0.1, -0.05) is 63.3 Å². The minimum Gasteiger partial charge on any atom is -0.481 e. The van der Waals surface area contributed by atoms with Gasteiger partial charge in [-0.25, -0.2) is 0 Å². The molecule has 0 aromatic rings. The third-order valence-corrected chi connectivity index (χ3v) is 3.34. The standard InChI is InChI=1S/C18H32O2.C2H3N/c1-2-3-4-5-6-7-8-9-10-11-12-13-14-15-16-17-18(19)20;1-2-3/h6-7,9-10H,2-5,8,11-17H2,1H3,(H,19,20);1H3/b7-6-,10-9-;. The fraction of sp³-hybridized carbons (Fsp3) is 0.700. The minimum atomic E-state index is -0.671. The van der Waals surface area contributed by atoms with Gasteiger partial charge < -0.3 is 5.11 Å². The third-order valence-electron chi connectivity index (χ3n) is 3.34. The highest BCUT2D eigenvalue weighted by Crippen LogP contribution is 2.08. The molecule has 23 heavy (non-hydrogen) atoms. The van der Waals surface area contributed by atoms with E-state index in [9.17, 15) is 4.79 Å². The van der Waals surface area contributed by atoms with Crippen molar-refractivity contribution in [3.05, 3.63) is 24.3 Å². The maximum atomic E-state index is 10.3. The molecule has 0 radical (unpaired) electrons. The Labute approximate surface area is 143 Å². The summed E-state index contributed by atoms with van der Waals surface area (Å²) in [5.41, 5.74) is 0. The van der Waals surface area contributed by atoms with Crippen LogP contribution >= 0.6 is 0 Å². The van der Waals surface area contributed by atoms with Crippen LogP contribution in [0.2, 0.25) is 0 Å². The van der Waals surface area contributed by atoms with E-state index in [0.717, 1.165) is 25.7 Å². The van der Waals surface area contributed by atoms with Crippen molar-refractivity contribution in [2.45, 2.75) is 90.9 Å². The lowest BCUT2D eigenvalue weighted by atomic mass is 10.1. The van der Waals surface area contributed by atoms with Gasteiger partial charge in [-0.2, -0.15) is 5.26 Å². The number of carbonyl (C=O) groups is 1. The molecular formula is C20H35NO2. The molecule has 0 spiro atoms. The van der Waals surface area contributed by atoms with Gasteiger partial charge in [0.1, 0.15) is 0 Å². The smallest absolute Gasteiger partial charge is 0.303 e. The molecule has 0 amide bonds. The summed E-state index contributed by atoms with van der Waals surface area (Å²) in [6, 6.07) is 1.75. The van der Waals surface area contributed by atoms with E-state index < -0.39 is 5.97 Å². The molecule has 0 aromatic carbocycles. The number of aliphatic carboxylic acids is 1. The average Bonchev–Trinajstić information content (AvgIpc) is 2.51. The highest BCUT2D eigenvalue weighted by molar-refractivity contribution is 5.66. The van der Waals surface area contributed by atoms with Crippen molar-refractivity contribution >= 4 is 5.97 Å². The van der Waals surface area contributed by atoms with Gasteiger partial charge in [-0.3, -0.25) is 4.79 Å². The fourth-order valence-corrected chi connectivity index (χ4v) is 2.09. The molecule has 0 saturated carbocycles. The number of allylic oxidation sites excluding steroid dienone is 4. The Morgan fingerprint density at radius 3 is 1.91 bits per heavy atom. The van der Waals surface area contributed by atoms with Crippen LogP contribution in [0.25, 0.3) is 0 Å². The molecule has 0 aliphatic heterocycles. The molecule has 1 N–H and O–H groups in total. The van der Waals surface area contributed by atoms with Crippen LogP contribution in [0.15, 0.2) is 24.3 Å². The van der Waals surface area contributed by atoms with Gasteiger partial charge in [0, 0.05) is 13.3 Å². The van der Waals surface area contributed by atoms with Gasteiger partial charge in [0.05, 0.1) is 6.07 Å². The van der Waals surface area contributed by atoms with Gasteiger partial charge in [0.25, 0.3) is 0 Å². The van der Waals surface area contributed by atoms with Crippen molar-refractivity contribution in [1.82, 2.24) is 0 Å². The molecule has 0 aliphatic carbocycles. The number of unbranched alkanes of at least 4 members (excludes halogenated alkanes) is 8. The second-order valence-corrected chi connectivity index (χ2v) is 5.60. The molecule has 3 nitrogen and oxygen atoms in total. The quantitative estimate of drug-likeness (QED) is 0.297. The maximum Gasteiger partial charge on any atom is 0.303 e. The minimum absolute atomic E-state index is 0.324. The van der Waals surface area contributed by atoms with E-state index in [1.54, 1.807) is 6.07 Å². The van der Waals surface area contributed by atoms with Crippen molar-refractivity contribution in [2.24, 2.45) is 0 Å². The fourth-order valence-electron chi connectivity index (χ4n) is 2.09. The summed E-state index contributed by atoms with van der Waals surface area (Å²) < 4.78 is 0. The van der Waals surface area contributed by atoms with E-state index in [4.69, 9.17) is 10.4 Å². The van der Waals surface area contributed by atoms with E-state index in [1.807, 2.05) is 0 Å². The highest BCUT2D eigenvalue weighted by atomic mass is 16.4. The number of hydrogen-bond donors (Lipinski definition) is 1. The van der Waals surface area contributed by atoms with Crippen molar-refractivity contribution in [1.29, 1.82) is 5.26 Å². The molecule has 132 valence electrons. The predicted molar refractivity (Wildman–Crippen MR) is 98.3 cm³/mol. The van der Waals surface area contributed by atoms with Crippen LogP contribution in [0.3, 0.4) is 0 Å². The number of nitriles is 1. The molecule has 0 bridgehead atoms. The Morgan fingerprint density at radius 1 is 0.913 bits per heavy atom. The number of rotatable bonds is 14. The SMILES string of the molecule is CC#N.CCCCC/C=C\C/C=C\CCCCCCCC(=O)O. The Hall–Kier alpha value is -1.56. The van der Waals surface area contributed by atoms with Crippen LogP contribution in [-0.2, 0) is 4.79 Å². The van der Waals surface area contributed by atoms with Crippen molar-refractivity contribution < 1.29 is 9.90 Å². The van der Waals surface area contributed by atoms with E-state index in [1.165, 1.54) is 51.9 Å². The number of nitrogens with zero attached hydrogens (tertiary/aromatic N) is 1. The van der Waals surface area contributed by atoms with Crippen LogP contribution in [-0.4, -0.2) is 11.1 Å². The molecule has 0 saturated heterocycles. The summed E-state index contributed by atoms with van der Waals surface area (Å²) in [5, 5.41) is 15.8. The first-order valence-corrected chi connectivity index (χ1v) is 9.01. The van der Waals surface area contributed by atoms with Gasteiger partial charge in [-0.15, -0.1) is 0 Å². The summed E-state index contributed by atoms with van der Waals surface area (Å²) in [7, 11) is 0. The van der Waals surface area contributed by atoms with Crippen LogP contribution in [0.5, 0.6) is 0 Å². The summed E-state index contributed by atoms with van der Waals surface area (Å²) in [4.78, 5) is 10.3.